The Morgan fingerprint density at radius 2 is 1.95 bits per heavy atom. The third kappa shape index (κ3) is 4.00. The van der Waals surface area contributed by atoms with E-state index in [1.807, 2.05) is 25.1 Å². The summed E-state index contributed by atoms with van der Waals surface area (Å²) in [4.78, 5) is 24.1. The van der Waals surface area contributed by atoms with Gasteiger partial charge in [-0.2, -0.15) is 0 Å². The first-order valence-corrected chi connectivity index (χ1v) is 7.74. The van der Waals surface area contributed by atoms with Gasteiger partial charge < -0.3 is 15.4 Å². The molecule has 1 atom stereocenters. The number of carbonyl (C=O) groups excluding carboxylic acids is 2. The predicted molar refractivity (Wildman–Crippen MR) is 85.9 cm³/mol. The molecule has 1 aliphatic carbocycles. The van der Waals surface area contributed by atoms with Crippen LogP contribution >= 0.6 is 0 Å². The van der Waals surface area contributed by atoms with Gasteiger partial charge in [0, 0.05) is 6.92 Å². The number of hydrogen-bond acceptors (Lipinski definition) is 3. The number of ether oxygens (including phenoxy) is 1. The number of rotatable bonds is 5. The van der Waals surface area contributed by atoms with Crippen molar-refractivity contribution in [2.24, 2.45) is 5.92 Å². The van der Waals surface area contributed by atoms with Crippen LogP contribution in [0.3, 0.4) is 0 Å². The lowest BCUT2D eigenvalue weighted by Crippen LogP contribution is -2.47. The normalized spacial score (nSPS) is 16.1. The fourth-order valence-electron chi connectivity index (χ4n) is 3.04. The lowest BCUT2D eigenvalue weighted by Gasteiger charge is -2.23. The summed E-state index contributed by atoms with van der Waals surface area (Å²) < 4.78 is 5.29. The van der Waals surface area contributed by atoms with E-state index >= 15 is 0 Å². The fourth-order valence-corrected chi connectivity index (χ4v) is 3.04. The van der Waals surface area contributed by atoms with E-state index in [1.54, 1.807) is 7.11 Å². The summed E-state index contributed by atoms with van der Waals surface area (Å²) in [5.74, 6) is 0.473. The maximum atomic E-state index is 12.6. The topological polar surface area (TPSA) is 67.4 Å². The van der Waals surface area contributed by atoms with Crippen molar-refractivity contribution in [1.29, 1.82) is 0 Å². The molecule has 0 aliphatic heterocycles. The van der Waals surface area contributed by atoms with Crippen LogP contribution in [0.4, 0.5) is 5.69 Å². The summed E-state index contributed by atoms with van der Waals surface area (Å²) in [5, 5.41) is 5.71. The zero-order valence-electron chi connectivity index (χ0n) is 13.4. The fraction of sp³-hybridized carbons (Fsp3) is 0.529. The Morgan fingerprint density at radius 3 is 2.55 bits per heavy atom. The third-order valence-corrected chi connectivity index (χ3v) is 4.13. The molecular formula is C17H24N2O3. The van der Waals surface area contributed by atoms with Crippen LogP contribution in [0.5, 0.6) is 5.75 Å². The van der Waals surface area contributed by atoms with Crippen molar-refractivity contribution in [3.63, 3.8) is 0 Å². The Hall–Kier alpha value is -2.04. The van der Waals surface area contributed by atoms with E-state index < -0.39 is 6.04 Å². The highest BCUT2D eigenvalue weighted by molar-refractivity contribution is 5.98. The van der Waals surface area contributed by atoms with Crippen LogP contribution in [-0.2, 0) is 9.59 Å². The Labute approximate surface area is 131 Å². The molecule has 1 unspecified atom stereocenters. The second-order valence-corrected chi connectivity index (χ2v) is 5.92. The molecule has 0 saturated heterocycles. The summed E-state index contributed by atoms with van der Waals surface area (Å²) in [6.45, 7) is 3.40. The van der Waals surface area contributed by atoms with E-state index in [0.29, 0.717) is 11.4 Å². The van der Waals surface area contributed by atoms with E-state index in [-0.39, 0.29) is 17.7 Å². The molecule has 5 nitrogen and oxygen atoms in total. The first kappa shape index (κ1) is 16.3. The molecule has 1 fully saturated rings. The Balaban J connectivity index is 2.16. The van der Waals surface area contributed by atoms with Crippen molar-refractivity contribution in [2.45, 2.75) is 45.6 Å². The lowest BCUT2D eigenvalue weighted by atomic mass is 9.97. The van der Waals surface area contributed by atoms with Crippen molar-refractivity contribution in [2.75, 3.05) is 12.4 Å². The van der Waals surface area contributed by atoms with Gasteiger partial charge in [-0.25, -0.2) is 0 Å². The summed E-state index contributed by atoms with van der Waals surface area (Å²) in [6.07, 6.45) is 4.18. The van der Waals surface area contributed by atoms with Crippen LogP contribution < -0.4 is 15.4 Å². The van der Waals surface area contributed by atoms with E-state index in [0.717, 1.165) is 31.2 Å². The van der Waals surface area contributed by atoms with Gasteiger partial charge in [0.2, 0.25) is 11.8 Å². The van der Waals surface area contributed by atoms with Crippen LogP contribution in [0.2, 0.25) is 0 Å². The van der Waals surface area contributed by atoms with Gasteiger partial charge in [0.15, 0.2) is 0 Å². The summed E-state index contributed by atoms with van der Waals surface area (Å²) in [5.41, 5.74) is 1.67. The molecule has 120 valence electrons. The maximum Gasteiger partial charge on any atom is 0.247 e. The van der Waals surface area contributed by atoms with Crippen molar-refractivity contribution in [3.05, 3.63) is 23.8 Å². The van der Waals surface area contributed by atoms with Gasteiger partial charge in [-0.15, -0.1) is 0 Å². The minimum Gasteiger partial charge on any atom is -0.495 e. The van der Waals surface area contributed by atoms with Crippen molar-refractivity contribution in [1.82, 2.24) is 5.32 Å². The van der Waals surface area contributed by atoms with Crippen molar-refractivity contribution >= 4 is 17.5 Å². The van der Waals surface area contributed by atoms with Crippen LogP contribution in [0.25, 0.3) is 0 Å². The minimum atomic E-state index is -0.481. The molecule has 0 spiro atoms. The smallest absolute Gasteiger partial charge is 0.247 e. The quantitative estimate of drug-likeness (QED) is 0.878. The number of amides is 2. The van der Waals surface area contributed by atoms with Crippen LogP contribution in [-0.4, -0.2) is 25.0 Å². The standard InChI is InChI=1S/C17H24N2O3/c1-11-8-9-15(22-3)14(10-11)19-17(21)16(18-12(2)20)13-6-4-5-7-13/h8-10,13,16H,4-7H2,1-3H3,(H,18,20)(H,19,21). The average Bonchev–Trinajstić information content (AvgIpc) is 2.98. The number of benzene rings is 1. The zero-order chi connectivity index (χ0) is 16.1. The number of nitrogens with one attached hydrogen (secondary N) is 2. The van der Waals surface area contributed by atoms with E-state index in [1.165, 1.54) is 6.92 Å². The SMILES string of the molecule is COc1ccc(C)cc1NC(=O)C(NC(C)=O)C1CCCC1. The molecule has 2 amide bonds. The van der Waals surface area contributed by atoms with E-state index in [9.17, 15) is 9.59 Å². The summed E-state index contributed by atoms with van der Waals surface area (Å²) in [7, 11) is 1.57. The highest BCUT2D eigenvalue weighted by Crippen LogP contribution is 2.30. The van der Waals surface area contributed by atoms with Gasteiger partial charge in [0.25, 0.3) is 0 Å². The molecule has 0 bridgehead atoms. The molecule has 5 heteroatoms. The maximum absolute atomic E-state index is 12.6. The second kappa shape index (κ2) is 7.29. The molecule has 0 radical (unpaired) electrons. The van der Waals surface area contributed by atoms with Gasteiger partial charge in [-0.05, 0) is 43.4 Å². The van der Waals surface area contributed by atoms with E-state index in [4.69, 9.17) is 4.74 Å². The average molecular weight is 304 g/mol. The molecule has 1 aromatic rings. The largest absolute Gasteiger partial charge is 0.495 e. The predicted octanol–water partition coefficient (Wildman–Crippen LogP) is 2.64. The highest BCUT2D eigenvalue weighted by Gasteiger charge is 2.31. The van der Waals surface area contributed by atoms with Gasteiger partial charge >= 0.3 is 0 Å². The summed E-state index contributed by atoms with van der Waals surface area (Å²) in [6, 6.07) is 5.14. The van der Waals surface area contributed by atoms with Gasteiger partial charge in [0.1, 0.15) is 11.8 Å². The molecule has 1 saturated carbocycles. The molecule has 2 N–H and O–H groups in total. The third-order valence-electron chi connectivity index (χ3n) is 4.13. The number of methoxy groups -OCH3 is 1. The van der Waals surface area contributed by atoms with Gasteiger partial charge in [-0.1, -0.05) is 18.9 Å². The number of hydrogen-bond donors (Lipinski definition) is 2. The van der Waals surface area contributed by atoms with Gasteiger partial charge in [-0.3, -0.25) is 9.59 Å². The second-order valence-electron chi connectivity index (χ2n) is 5.92. The number of carbonyl (C=O) groups is 2. The minimum absolute atomic E-state index is 0.175. The van der Waals surface area contributed by atoms with Crippen molar-refractivity contribution < 1.29 is 14.3 Å². The Morgan fingerprint density at radius 1 is 1.27 bits per heavy atom. The van der Waals surface area contributed by atoms with Crippen LogP contribution in [0, 0.1) is 12.8 Å². The number of anilines is 1. The van der Waals surface area contributed by atoms with Crippen LogP contribution in [0.15, 0.2) is 18.2 Å². The highest BCUT2D eigenvalue weighted by atomic mass is 16.5. The first-order valence-electron chi connectivity index (χ1n) is 7.74. The molecule has 1 aliphatic rings. The molecule has 1 aromatic carbocycles. The number of aryl methyl sites for hydroxylation is 1. The Kier molecular flexibility index (Phi) is 5.41. The molecule has 22 heavy (non-hydrogen) atoms. The molecular weight excluding hydrogens is 280 g/mol. The van der Waals surface area contributed by atoms with E-state index in [2.05, 4.69) is 10.6 Å². The summed E-state index contributed by atoms with van der Waals surface area (Å²) >= 11 is 0. The lowest BCUT2D eigenvalue weighted by molar-refractivity contribution is -0.126. The Bertz CT molecular complexity index is 551. The molecule has 2 rings (SSSR count). The molecule has 0 heterocycles. The van der Waals surface area contributed by atoms with Gasteiger partial charge in [0.05, 0.1) is 12.8 Å². The molecule has 0 aromatic heterocycles. The van der Waals surface area contributed by atoms with Crippen LogP contribution in [0.1, 0.15) is 38.2 Å². The first-order chi connectivity index (χ1) is 10.5. The monoisotopic (exact) mass is 304 g/mol. The van der Waals surface area contributed by atoms with Crippen molar-refractivity contribution in [3.8, 4) is 5.75 Å². The zero-order valence-corrected chi connectivity index (χ0v) is 13.4.